The SMILES string of the molecule is CN1CCN(C(=O)c2ccc(C#N)cc2)CC12CCC(=O)N(CC1CC1)CC2. The second-order valence-electron chi connectivity index (χ2n) is 8.59. The fraction of sp³-hybridized carbons (Fsp3) is 0.591. The Morgan fingerprint density at radius 1 is 1.18 bits per heavy atom. The Bertz CT molecular complexity index is 796. The zero-order chi connectivity index (χ0) is 19.7. The summed E-state index contributed by atoms with van der Waals surface area (Å²) in [6.45, 7) is 3.87. The molecule has 1 aliphatic carbocycles. The van der Waals surface area contributed by atoms with Gasteiger partial charge in [0.05, 0.1) is 11.6 Å². The average molecular weight is 380 g/mol. The van der Waals surface area contributed by atoms with E-state index in [9.17, 15) is 9.59 Å². The van der Waals surface area contributed by atoms with Crippen molar-refractivity contribution in [2.45, 2.75) is 37.6 Å². The second-order valence-corrected chi connectivity index (χ2v) is 8.59. The predicted octanol–water partition coefficient (Wildman–Crippen LogP) is 2.11. The molecule has 0 radical (unpaired) electrons. The number of carbonyl (C=O) groups is 2. The monoisotopic (exact) mass is 380 g/mol. The van der Waals surface area contributed by atoms with Crippen molar-refractivity contribution >= 4 is 11.8 Å². The molecule has 2 aliphatic heterocycles. The highest BCUT2D eigenvalue weighted by Crippen LogP contribution is 2.35. The van der Waals surface area contributed by atoms with Crippen LogP contribution in [0.4, 0.5) is 0 Å². The number of amides is 2. The molecule has 3 fully saturated rings. The maximum absolute atomic E-state index is 13.0. The van der Waals surface area contributed by atoms with E-state index in [0.29, 0.717) is 36.6 Å². The number of hydrogen-bond acceptors (Lipinski definition) is 4. The number of likely N-dealkylation sites (N-methyl/N-ethyl adjacent to an activating group) is 1. The number of nitrogens with zero attached hydrogens (tertiary/aromatic N) is 4. The first-order valence-electron chi connectivity index (χ1n) is 10.3. The van der Waals surface area contributed by atoms with E-state index in [0.717, 1.165) is 32.5 Å². The van der Waals surface area contributed by atoms with Gasteiger partial charge >= 0.3 is 0 Å². The largest absolute Gasteiger partial charge is 0.342 e. The molecule has 1 aromatic rings. The van der Waals surface area contributed by atoms with Crippen LogP contribution in [-0.4, -0.2) is 71.8 Å². The van der Waals surface area contributed by atoms with Gasteiger partial charge in [-0.1, -0.05) is 0 Å². The molecule has 2 saturated heterocycles. The molecule has 0 N–H and O–H groups in total. The van der Waals surface area contributed by atoms with Crippen molar-refractivity contribution in [3.63, 3.8) is 0 Å². The number of carbonyl (C=O) groups excluding carboxylic acids is 2. The maximum atomic E-state index is 13.0. The van der Waals surface area contributed by atoms with E-state index >= 15 is 0 Å². The molecule has 1 unspecified atom stereocenters. The molecular weight excluding hydrogens is 352 g/mol. The number of benzene rings is 1. The number of rotatable bonds is 3. The topological polar surface area (TPSA) is 67.6 Å². The highest BCUT2D eigenvalue weighted by atomic mass is 16.2. The van der Waals surface area contributed by atoms with Crippen molar-refractivity contribution in [1.29, 1.82) is 5.26 Å². The predicted molar refractivity (Wildman–Crippen MR) is 106 cm³/mol. The van der Waals surface area contributed by atoms with Gasteiger partial charge in [0, 0.05) is 50.2 Å². The molecule has 0 bridgehead atoms. The highest BCUT2D eigenvalue weighted by molar-refractivity contribution is 5.94. The molecule has 2 amide bonds. The Kier molecular flexibility index (Phi) is 5.11. The van der Waals surface area contributed by atoms with Crippen molar-refractivity contribution in [3.8, 4) is 6.07 Å². The van der Waals surface area contributed by atoms with Crippen LogP contribution in [0.5, 0.6) is 0 Å². The smallest absolute Gasteiger partial charge is 0.253 e. The van der Waals surface area contributed by atoms with E-state index in [-0.39, 0.29) is 17.4 Å². The Balaban J connectivity index is 1.48. The molecule has 1 spiro atoms. The van der Waals surface area contributed by atoms with Gasteiger partial charge in [-0.25, -0.2) is 0 Å². The van der Waals surface area contributed by atoms with Gasteiger partial charge in [0.1, 0.15) is 0 Å². The Labute approximate surface area is 166 Å². The lowest BCUT2D eigenvalue weighted by atomic mass is 9.86. The minimum Gasteiger partial charge on any atom is -0.342 e. The standard InChI is InChI=1S/C22H28N4O2/c1-24-12-13-26(21(28)19-6-4-17(14-23)5-7-19)16-22(24)9-8-20(27)25(11-10-22)15-18-2-3-18/h4-7,18H,2-3,8-13,15-16H2,1H3. The maximum Gasteiger partial charge on any atom is 0.253 e. The third-order valence-electron chi connectivity index (χ3n) is 6.73. The van der Waals surface area contributed by atoms with Gasteiger partial charge in [-0.2, -0.15) is 5.26 Å². The fourth-order valence-corrected chi connectivity index (χ4v) is 4.54. The van der Waals surface area contributed by atoms with Crippen LogP contribution in [0.2, 0.25) is 0 Å². The third-order valence-corrected chi connectivity index (χ3v) is 6.73. The molecule has 2 heterocycles. The Morgan fingerprint density at radius 2 is 1.93 bits per heavy atom. The summed E-state index contributed by atoms with van der Waals surface area (Å²) >= 11 is 0. The van der Waals surface area contributed by atoms with Crippen molar-refractivity contribution in [1.82, 2.24) is 14.7 Å². The lowest BCUT2D eigenvalue weighted by Crippen LogP contribution is -2.62. The number of nitriles is 1. The first-order chi connectivity index (χ1) is 13.5. The quantitative estimate of drug-likeness (QED) is 0.805. The summed E-state index contributed by atoms with van der Waals surface area (Å²) in [5, 5.41) is 8.96. The third kappa shape index (κ3) is 3.77. The zero-order valence-electron chi connectivity index (χ0n) is 16.6. The van der Waals surface area contributed by atoms with E-state index in [1.54, 1.807) is 24.3 Å². The summed E-state index contributed by atoms with van der Waals surface area (Å²) in [5.74, 6) is 0.992. The molecule has 0 aromatic heterocycles. The zero-order valence-corrected chi connectivity index (χ0v) is 16.6. The normalized spacial score (nSPS) is 26.2. The van der Waals surface area contributed by atoms with E-state index < -0.39 is 0 Å². The van der Waals surface area contributed by atoms with Gasteiger partial charge < -0.3 is 9.80 Å². The van der Waals surface area contributed by atoms with Gasteiger partial charge in [0.2, 0.25) is 5.91 Å². The summed E-state index contributed by atoms with van der Waals surface area (Å²) in [5.41, 5.74) is 1.05. The van der Waals surface area contributed by atoms with Gasteiger partial charge in [-0.15, -0.1) is 0 Å². The summed E-state index contributed by atoms with van der Waals surface area (Å²) < 4.78 is 0. The van der Waals surface area contributed by atoms with Crippen LogP contribution in [0, 0.1) is 17.2 Å². The summed E-state index contributed by atoms with van der Waals surface area (Å²) in [6, 6.07) is 8.95. The molecule has 148 valence electrons. The minimum absolute atomic E-state index is 0.0161. The van der Waals surface area contributed by atoms with Crippen LogP contribution in [0.15, 0.2) is 24.3 Å². The number of piperazine rings is 1. The summed E-state index contributed by atoms with van der Waals surface area (Å²) in [4.78, 5) is 32.0. The van der Waals surface area contributed by atoms with Crippen LogP contribution in [-0.2, 0) is 4.79 Å². The first kappa shape index (κ1) is 18.9. The molecule has 1 saturated carbocycles. The summed E-state index contributed by atoms with van der Waals surface area (Å²) in [7, 11) is 2.13. The lowest BCUT2D eigenvalue weighted by molar-refractivity contribution is -0.130. The molecule has 4 rings (SSSR count). The Hall–Kier alpha value is -2.39. The van der Waals surface area contributed by atoms with E-state index in [2.05, 4.69) is 22.9 Å². The lowest BCUT2D eigenvalue weighted by Gasteiger charge is -2.49. The highest BCUT2D eigenvalue weighted by Gasteiger charge is 2.44. The van der Waals surface area contributed by atoms with Gasteiger partial charge in [-0.3, -0.25) is 14.5 Å². The number of likely N-dealkylation sites (tertiary alicyclic amines) is 1. The van der Waals surface area contributed by atoms with Crippen LogP contribution >= 0.6 is 0 Å². The number of hydrogen-bond donors (Lipinski definition) is 0. The van der Waals surface area contributed by atoms with Crippen molar-refractivity contribution in [2.75, 3.05) is 39.8 Å². The average Bonchev–Trinajstić information content (AvgIpc) is 3.55. The van der Waals surface area contributed by atoms with Crippen molar-refractivity contribution in [3.05, 3.63) is 35.4 Å². The molecular formula is C22H28N4O2. The van der Waals surface area contributed by atoms with Crippen LogP contribution in [0.1, 0.15) is 48.0 Å². The Morgan fingerprint density at radius 3 is 2.61 bits per heavy atom. The molecule has 28 heavy (non-hydrogen) atoms. The molecule has 6 nitrogen and oxygen atoms in total. The molecule has 6 heteroatoms. The van der Waals surface area contributed by atoms with E-state index in [1.807, 2.05) is 4.90 Å². The van der Waals surface area contributed by atoms with Crippen molar-refractivity contribution < 1.29 is 9.59 Å². The first-order valence-corrected chi connectivity index (χ1v) is 10.3. The fourth-order valence-electron chi connectivity index (χ4n) is 4.54. The minimum atomic E-state index is -0.130. The van der Waals surface area contributed by atoms with E-state index in [4.69, 9.17) is 5.26 Å². The van der Waals surface area contributed by atoms with E-state index in [1.165, 1.54) is 12.8 Å². The summed E-state index contributed by atoms with van der Waals surface area (Å²) in [6.07, 6.45) is 4.79. The van der Waals surface area contributed by atoms with Crippen LogP contribution < -0.4 is 0 Å². The van der Waals surface area contributed by atoms with Crippen molar-refractivity contribution in [2.24, 2.45) is 5.92 Å². The van der Waals surface area contributed by atoms with Crippen LogP contribution in [0.25, 0.3) is 0 Å². The van der Waals surface area contributed by atoms with Gasteiger partial charge in [0.15, 0.2) is 0 Å². The van der Waals surface area contributed by atoms with Gasteiger partial charge in [-0.05, 0) is 62.9 Å². The molecule has 3 aliphatic rings. The molecule has 1 aromatic carbocycles. The molecule has 1 atom stereocenters. The van der Waals surface area contributed by atoms with Gasteiger partial charge in [0.25, 0.3) is 5.91 Å². The second kappa shape index (κ2) is 7.56. The van der Waals surface area contributed by atoms with Crippen LogP contribution in [0.3, 0.4) is 0 Å².